The number of thiophene rings is 1. The number of fused-ring (bicyclic) bond motifs is 1. The number of nitrogens with one attached hydrogen (secondary N) is 2. The molecule has 0 saturated heterocycles. The van der Waals surface area contributed by atoms with Gasteiger partial charge in [-0.25, -0.2) is 4.68 Å². The molecule has 31 heavy (non-hydrogen) atoms. The van der Waals surface area contributed by atoms with Gasteiger partial charge in [0.1, 0.15) is 0 Å². The second-order valence-electron chi connectivity index (χ2n) is 8.00. The van der Waals surface area contributed by atoms with Gasteiger partial charge in [0.2, 0.25) is 0 Å². The second kappa shape index (κ2) is 8.52. The van der Waals surface area contributed by atoms with E-state index >= 15 is 0 Å². The van der Waals surface area contributed by atoms with Crippen molar-refractivity contribution in [2.24, 2.45) is 0 Å². The fourth-order valence-corrected chi connectivity index (χ4v) is 5.13. The Kier molecular flexibility index (Phi) is 5.96. The first-order valence-corrected chi connectivity index (χ1v) is 11.3. The van der Waals surface area contributed by atoms with Gasteiger partial charge in [0, 0.05) is 41.6 Å². The fraction of sp³-hybridized carbons (Fsp3) is 0.524. The van der Waals surface area contributed by atoms with Crippen LogP contribution in [0.3, 0.4) is 0 Å². The van der Waals surface area contributed by atoms with Gasteiger partial charge < -0.3 is 15.5 Å². The molecule has 0 radical (unpaired) electrons. The molecule has 10 heteroatoms. The molecule has 0 aromatic carbocycles. The van der Waals surface area contributed by atoms with Crippen molar-refractivity contribution in [1.82, 2.24) is 25.3 Å². The van der Waals surface area contributed by atoms with Crippen LogP contribution < -0.4 is 16.0 Å². The minimum atomic E-state index is -1.17. The maximum atomic E-state index is 13.2. The van der Waals surface area contributed by atoms with E-state index in [1.165, 1.54) is 16.0 Å². The van der Waals surface area contributed by atoms with Crippen molar-refractivity contribution in [3.8, 4) is 0 Å². The summed E-state index contributed by atoms with van der Waals surface area (Å²) in [7, 11) is 0. The highest BCUT2D eigenvalue weighted by molar-refractivity contribution is 7.19. The van der Waals surface area contributed by atoms with Crippen molar-refractivity contribution in [3.63, 3.8) is 0 Å². The Labute approximate surface area is 183 Å². The lowest BCUT2D eigenvalue weighted by Gasteiger charge is -2.14. The van der Waals surface area contributed by atoms with Gasteiger partial charge in [-0.1, -0.05) is 0 Å². The van der Waals surface area contributed by atoms with Gasteiger partial charge in [-0.3, -0.25) is 14.7 Å². The number of amides is 1. The molecule has 166 valence electrons. The Balaban J connectivity index is 1.90. The van der Waals surface area contributed by atoms with E-state index < -0.39 is 18.6 Å². The van der Waals surface area contributed by atoms with Crippen molar-refractivity contribution < 1.29 is 15.0 Å². The number of aliphatic hydroxyl groups is 1. The molecule has 3 aromatic rings. The highest BCUT2D eigenvalue weighted by atomic mass is 32.1. The van der Waals surface area contributed by atoms with Crippen LogP contribution in [0.5, 0.6) is 0 Å². The number of hydrogen-bond donors (Lipinski definition) is 3. The molecule has 1 amide bonds. The minimum Gasteiger partial charge on any atom is -0.853 e. The average molecular weight is 445 g/mol. The molecular weight excluding hydrogens is 418 g/mol. The molecule has 0 spiro atoms. The Bertz CT molecular complexity index is 1170. The van der Waals surface area contributed by atoms with Crippen LogP contribution in [0, 0.1) is 13.8 Å². The molecule has 0 aliphatic heterocycles. The van der Waals surface area contributed by atoms with Crippen LogP contribution in [0.2, 0.25) is 0 Å². The highest BCUT2D eigenvalue weighted by Crippen LogP contribution is 2.44. The van der Waals surface area contributed by atoms with Gasteiger partial charge in [-0.15, -0.1) is 17.9 Å². The lowest BCUT2D eigenvalue weighted by atomic mass is 10.0. The zero-order valence-electron chi connectivity index (χ0n) is 17.8. The largest absolute Gasteiger partial charge is 0.853 e. The van der Waals surface area contributed by atoms with Gasteiger partial charge in [0.15, 0.2) is 0 Å². The molecule has 1 unspecified atom stereocenters. The van der Waals surface area contributed by atoms with E-state index in [1.807, 2.05) is 20.8 Å². The monoisotopic (exact) mass is 444 g/mol. The predicted molar refractivity (Wildman–Crippen MR) is 116 cm³/mol. The number of nitrogens with zero attached hydrogens (tertiary/aromatic N) is 3. The van der Waals surface area contributed by atoms with E-state index in [2.05, 4.69) is 20.6 Å². The standard InChI is InChI=1S/C21H26N5O4S/c1-4-26-21(30)17-16(20(29)22-8-13(28)9-27)15(7-14-10(2)23-24-11(14)3)31-19(17)18(25-26)12-5-6-12/h12-13,28H,4-9H2,1-3H3,(H,22,29)(H,23,24)/q-1. The molecule has 1 aliphatic rings. The summed E-state index contributed by atoms with van der Waals surface area (Å²) in [4.78, 5) is 27.2. The van der Waals surface area contributed by atoms with E-state index in [0.717, 1.165) is 45.1 Å². The van der Waals surface area contributed by atoms with E-state index in [9.17, 15) is 19.8 Å². The Morgan fingerprint density at radius 1 is 1.42 bits per heavy atom. The van der Waals surface area contributed by atoms with E-state index in [0.29, 0.717) is 29.8 Å². The lowest BCUT2D eigenvalue weighted by molar-refractivity contribution is -0.382. The molecule has 4 rings (SSSR count). The van der Waals surface area contributed by atoms with Gasteiger partial charge >= 0.3 is 0 Å². The normalized spacial score (nSPS) is 14.9. The number of carbonyl (C=O) groups is 1. The quantitative estimate of drug-likeness (QED) is 0.469. The van der Waals surface area contributed by atoms with Crippen LogP contribution >= 0.6 is 11.3 Å². The summed E-state index contributed by atoms with van der Waals surface area (Å²) in [6.07, 6.45) is 1.32. The fourth-order valence-electron chi connectivity index (χ4n) is 3.77. The summed E-state index contributed by atoms with van der Waals surface area (Å²) >= 11 is 1.43. The van der Waals surface area contributed by atoms with Gasteiger partial charge in [-0.05, 0) is 33.6 Å². The zero-order chi connectivity index (χ0) is 22.3. The summed E-state index contributed by atoms with van der Waals surface area (Å²) < 4.78 is 2.19. The first-order valence-electron chi connectivity index (χ1n) is 10.5. The first-order chi connectivity index (χ1) is 14.8. The van der Waals surface area contributed by atoms with Crippen molar-refractivity contribution >= 4 is 27.3 Å². The molecule has 1 atom stereocenters. The van der Waals surface area contributed by atoms with Crippen molar-refractivity contribution in [2.75, 3.05) is 13.2 Å². The van der Waals surface area contributed by atoms with Crippen molar-refractivity contribution in [3.05, 3.63) is 43.4 Å². The third-order valence-corrected chi connectivity index (χ3v) is 6.90. The van der Waals surface area contributed by atoms with Crippen LogP contribution in [0.15, 0.2) is 4.79 Å². The first kappa shape index (κ1) is 21.7. The topological polar surface area (TPSA) is 136 Å². The van der Waals surface area contributed by atoms with E-state index in [4.69, 9.17) is 0 Å². The van der Waals surface area contributed by atoms with Gasteiger partial charge in [0.05, 0.1) is 33.1 Å². The smallest absolute Gasteiger partial charge is 0.276 e. The number of aromatic amines is 1. The van der Waals surface area contributed by atoms with E-state index in [-0.39, 0.29) is 12.1 Å². The summed E-state index contributed by atoms with van der Waals surface area (Å²) in [6, 6.07) is 0. The summed E-state index contributed by atoms with van der Waals surface area (Å²) in [5.74, 6) is -0.150. The minimum absolute atomic E-state index is 0.161. The summed E-state index contributed by atoms with van der Waals surface area (Å²) in [5.41, 5.74) is 3.64. The highest BCUT2D eigenvalue weighted by Gasteiger charge is 2.32. The van der Waals surface area contributed by atoms with Crippen LogP contribution in [-0.2, 0) is 13.0 Å². The van der Waals surface area contributed by atoms with Crippen LogP contribution in [0.4, 0.5) is 0 Å². The Morgan fingerprint density at radius 2 is 2.16 bits per heavy atom. The van der Waals surface area contributed by atoms with Crippen LogP contribution in [0.1, 0.15) is 63.6 Å². The van der Waals surface area contributed by atoms with Crippen LogP contribution in [0.25, 0.3) is 10.1 Å². The molecule has 3 aromatic heterocycles. The van der Waals surface area contributed by atoms with Crippen LogP contribution in [-0.4, -0.2) is 50.2 Å². The molecule has 3 heterocycles. The number of aryl methyl sites for hydroxylation is 3. The van der Waals surface area contributed by atoms with E-state index in [1.54, 1.807) is 0 Å². The van der Waals surface area contributed by atoms with Crippen molar-refractivity contribution in [1.29, 1.82) is 0 Å². The molecule has 1 aliphatic carbocycles. The van der Waals surface area contributed by atoms with Crippen molar-refractivity contribution in [2.45, 2.75) is 58.6 Å². The molecule has 1 fully saturated rings. The average Bonchev–Trinajstić information content (AvgIpc) is 3.46. The molecule has 9 nitrogen and oxygen atoms in total. The maximum absolute atomic E-state index is 13.2. The molecule has 1 saturated carbocycles. The predicted octanol–water partition coefficient (Wildman–Crippen LogP) is 0.737. The third-order valence-electron chi connectivity index (χ3n) is 5.69. The molecular formula is C21H26N5O4S-. The number of aromatic nitrogens is 4. The summed E-state index contributed by atoms with van der Waals surface area (Å²) in [6.45, 7) is 5.23. The second-order valence-corrected chi connectivity index (χ2v) is 9.11. The SMILES string of the molecule is CCn1nc(C2CC2)c2sc(Cc3c(C)n[nH]c3C)c(C(=O)NCC(O)C[O-])c2c1=O. The molecule has 3 N–H and O–H groups in total. The number of rotatable bonds is 8. The summed E-state index contributed by atoms with van der Waals surface area (Å²) in [5, 5.41) is 35.3. The van der Waals surface area contributed by atoms with Gasteiger partial charge in [-0.2, -0.15) is 10.2 Å². The maximum Gasteiger partial charge on any atom is 0.276 e. The number of H-pyrrole nitrogens is 1. The number of hydrogen-bond acceptors (Lipinski definition) is 7. The Hall–Kier alpha value is -2.56. The third kappa shape index (κ3) is 4.02. The Morgan fingerprint density at radius 3 is 2.74 bits per heavy atom. The zero-order valence-corrected chi connectivity index (χ0v) is 18.6. The molecule has 0 bridgehead atoms. The number of carbonyl (C=O) groups excluding carboxylic acids is 1. The lowest BCUT2D eigenvalue weighted by Crippen LogP contribution is -2.38. The van der Waals surface area contributed by atoms with Gasteiger partial charge in [0.25, 0.3) is 11.5 Å². The number of aliphatic hydroxyl groups excluding tert-OH is 1.